The van der Waals surface area contributed by atoms with E-state index in [1.807, 2.05) is 22.6 Å². The van der Waals surface area contributed by atoms with Crippen LogP contribution in [0.3, 0.4) is 0 Å². The van der Waals surface area contributed by atoms with Crippen LogP contribution in [-0.2, 0) is 6.42 Å². The largest absolute Gasteiger partial charge is 0.446 e. The number of aromatic nitrogens is 2. The molecular weight excluding hydrogens is 411 g/mol. The molecule has 2 heterocycles. The number of nitrogens with zero attached hydrogens (tertiary/aromatic N) is 1. The SMILES string of the molecule is CC(C)Cc1nc(-c2ccc(Br)o2)[nH]c(=O)c1I. The van der Waals surface area contributed by atoms with Crippen LogP contribution >= 0.6 is 38.5 Å². The molecule has 0 aromatic carbocycles. The Labute approximate surface area is 126 Å². The minimum Gasteiger partial charge on any atom is -0.446 e. The molecule has 4 nitrogen and oxygen atoms in total. The van der Waals surface area contributed by atoms with Crippen molar-refractivity contribution in [1.82, 2.24) is 9.97 Å². The highest BCUT2D eigenvalue weighted by atomic mass is 127. The lowest BCUT2D eigenvalue weighted by atomic mass is 10.1. The molecule has 0 aliphatic rings. The van der Waals surface area contributed by atoms with Gasteiger partial charge >= 0.3 is 0 Å². The van der Waals surface area contributed by atoms with Crippen molar-refractivity contribution in [2.45, 2.75) is 20.3 Å². The summed E-state index contributed by atoms with van der Waals surface area (Å²) < 4.78 is 6.67. The highest BCUT2D eigenvalue weighted by Crippen LogP contribution is 2.22. The molecular formula is C12H12BrIN2O2. The third-order valence-electron chi connectivity index (χ3n) is 2.34. The lowest BCUT2D eigenvalue weighted by molar-refractivity contribution is 0.549. The van der Waals surface area contributed by atoms with E-state index < -0.39 is 0 Å². The normalized spacial score (nSPS) is 11.2. The van der Waals surface area contributed by atoms with Crippen molar-refractivity contribution in [3.63, 3.8) is 0 Å². The second kappa shape index (κ2) is 5.56. The van der Waals surface area contributed by atoms with Crippen LogP contribution in [0.15, 0.2) is 26.0 Å². The molecule has 2 aromatic heterocycles. The highest BCUT2D eigenvalue weighted by molar-refractivity contribution is 14.1. The summed E-state index contributed by atoms with van der Waals surface area (Å²) in [5.41, 5.74) is 0.695. The molecule has 0 aliphatic heterocycles. The maximum absolute atomic E-state index is 11.9. The first-order chi connectivity index (χ1) is 8.47. The number of nitrogens with one attached hydrogen (secondary N) is 1. The van der Waals surface area contributed by atoms with Crippen LogP contribution in [0, 0.1) is 9.49 Å². The first kappa shape index (κ1) is 13.8. The summed E-state index contributed by atoms with van der Waals surface area (Å²) in [7, 11) is 0. The third kappa shape index (κ3) is 3.03. The van der Waals surface area contributed by atoms with Gasteiger partial charge in [-0.3, -0.25) is 4.79 Å². The van der Waals surface area contributed by atoms with E-state index in [1.165, 1.54) is 0 Å². The maximum Gasteiger partial charge on any atom is 0.264 e. The number of hydrogen-bond acceptors (Lipinski definition) is 3. The monoisotopic (exact) mass is 422 g/mol. The van der Waals surface area contributed by atoms with E-state index in [-0.39, 0.29) is 5.56 Å². The second-order valence-electron chi connectivity index (χ2n) is 4.38. The Hall–Kier alpha value is -0.630. The molecule has 0 saturated heterocycles. The van der Waals surface area contributed by atoms with Crippen LogP contribution in [-0.4, -0.2) is 9.97 Å². The van der Waals surface area contributed by atoms with Crippen molar-refractivity contribution in [1.29, 1.82) is 0 Å². The molecule has 18 heavy (non-hydrogen) atoms. The summed E-state index contributed by atoms with van der Waals surface area (Å²) >= 11 is 5.27. The Morgan fingerprint density at radius 2 is 2.22 bits per heavy atom. The Morgan fingerprint density at radius 3 is 2.78 bits per heavy atom. The van der Waals surface area contributed by atoms with Gasteiger partial charge in [0.15, 0.2) is 16.3 Å². The lowest BCUT2D eigenvalue weighted by Gasteiger charge is -2.07. The van der Waals surface area contributed by atoms with Crippen LogP contribution in [0.2, 0.25) is 0 Å². The zero-order valence-corrected chi connectivity index (χ0v) is 13.7. The number of rotatable bonds is 3. The number of aromatic amines is 1. The Balaban J connectivity index is 2.50. The first-order valence-electron chi connectivity index (χ1n) is 5.51. The van der Waals surface area contributed by atoms with Crippen LogP contribution in [0.5, 0.6) is 0 Å². The first-order valence-corrected chi connectivity index (χ1v) is 7.39. The molecule has 0 bridgehead atoms. The van der Waals surface area contributed by atoms with E-state index in [0.717, 1.165) is 12.1 Å². The van der Waals surface area contributed by atoms with Gasteiger partial charge in [0, 0.05) is 0 Å². The Bertz CT molecular complexity index is 619. The van der Waals surface area contributed by atoms with Crippen LogP contribution in [0.25, 0.3) is 11.6 Å². The minimum absolute atomic E-state index is 0.122. The van der Waals surface area contributed by atoms with Gasteiger partial charge in [-0.1, -0.05) is 13.8 Å². The van der Waals surface area contributed by atoms with Crippen molar-refractivity contribution in [3.8, 4) is 11.6 Å². The summed E-state index contributed by atoms with van der Waals surface area (Å²) in [6.45, 7) is 4.20. The topological polar surface area (TPSA) is 58.9 Å². The van der Waals surface area contributed by atoms with Crippen LogP contribution in [0.4, 0.5) is 0 Å². The van der Waals surface area contributed by atoms with Gasteiger partial charge in [-0.15, -0.1) is 0 Å². The lowest BCUT2D eigenvalue weighted by Crippen LogP contribution is -2.17. The number of furan rings is 1. The fraction of sp³-hybridized carbons (Fsp3) is 0.333. The molecule has 0 saturated carbocycles. The molecule has 0 amide bonds. The van der Waals surface area contributed by atoms with E-state index in [0.29, 0.717) is 25.7 Å². The third-order valence-corrected chi connectivity index (χ3v) is 3.88. The second-order valence-corrected chi connectivity index (χ2v) is 6.24. The Morgan fingerprint density at radius 1 is 1.50 bits per heavy atom. The molecule has 0 fully saturated rings. The van der Waals surface area contributed by atoms with Gasteiger partial charge in [-0.05, 0) is 63.0 Å². The molecule has 0 spiro atoms. The molecule has 0 unspecified atom stereocenters. The molecule has 2 aromatic rings. The summed E-state index contributed by atoms with van der Waals surface area (Å²) in [4.78, 5) is 19.1. The van der Waals surface area contributed by atoms with E-state index in [4.69, 9.17) is 4.42 Å². The van der Waals surface area contributed by atoms with Crippen molar-refractivity contribution in [2.24, 2.45) is 5.92 Å². The summed E-state index contributed by atoms with van der Waals surface area (Å²) in [5.74, 6) is 1.48. The Kier molecular flexibility index (Phi) is 4.26. The number of hydrogen-bond donors (Lipinski definition) is 1. The van der Waals surface area contributed by atoms with Crippen molar-refractivity contribution in [2.75, 3.05) is 0 Å². The van der Waals surface area contributed by atoms with Gasteiger partial charge < -0.3 is 9.40 Å². The quantitative estimate of drug-likeness (QED) is 0.769. The predicted molar refractivity (Wildman–Crippen MR) is 81.5 cm³/mol. The van der Waals surface area contributed by atoms with E-state index >= 15 is 0 Å². The van der Waals surface area contributed by atoms with E-state index in [2.05, 4.69) is 39.7 Å². The molecule has 96 valence electrons. The molecule has 6 heteroatoms. The fourth-order valence-corrected chi connectivity index (χ4v) is 2.37. The van der Waals surface area contributed by atoms with Crippen molar-refractivity contribution >= 4 is 38.5 Å². The van der Waals surface area contributed by atoms with Gasteiger partial charge in [0.25, 0.3) is 5.56 Å². The molecule has 0 radical (unpaired) electrons. The van der Waals surface area contributed by atoms with Crippen molar-refractivity contribution in [3.05, 3.63) is 36.4 Å². The summed E-state index contributed by atoms with van der Waals surface area (Å²) in [5, 5.41) is 0. The highest BCUT2D eigenvalue weighted by Gasteiger charge is 2.13. The van der Waals surface area contributed by atoms with Gasteiger partial charge in [0.05, 0.1) is 9.26 Å². The van der Waals surface area contributed by atoms with Gasteiger partial charge in [0.1, 0.15) is 0 Å². The van der Waals surface area contributed by atoms with E-state index in [9.17, 15) is 4.79 Å². The summed E-state index contributed by atoms with van der Waals surface area (Å²) in [6.07, 6.45) is 0.775. The minimum atomic E-state index is -0.122. The molecule has 2 rings (SSSR count). The number of H-pyrrole nitrogens is 1. The van der Waals surface area contributed by atoms with Crippen molar-refractivity contribution < 1.29 is 4.42 Å². The average molecular weight is 423 g/mol. The van der Waals surface area contributed by atoms with Crippen LogP contribution in [0.1, 0.15) is 19.5 Å². The smallest absolute Gasteiger partial charge is 0.264 e. The fourth-order valence-electron chi connectivity index (χ4n) is 1.59. The predicted octanol–water partition coefficient (Wildman–Crippen LogP) is 3.60. The molecule has 1 N–H and O–H groups in total. The molecule has 0 aliphatic carbocycles. The van der Waals surface area contributed by atoms with Gasteiger partial charge in [-0.2, -0.15) is 0 Å². The van der Waals surface area contributed by atoms with Gasteiger partial charge in [0.2, 0.25) is 0 Å². The molecule has 0 atom stereocenters. The maximum atomic E-state index is 11.9. The summed E-state index contributed by atoms with van der Waals surface area (Å²) in [6, 6.07) is 3.55. The number of halogens is 2. The zero-order chi connectivity index (χ0) is 13.3. The van der Waals surface area contributed by atoms with Crippen LogP contribution < -0.4 is 5.56 Å². The van der Waals surface area contributed by atoms with Gasteiger partial charge in [-0.25, -0.2) is 4.98 Å². The van der Waals surface area contributed by atoms with E-state index in [1.54, 1.807) is 12.1 Å². The average Bonchev–Trinajstić information content (AvgIpc) is 2.70. The standard InChI is InChI=1S/C12H12BrIN2O2/c1-6(2)5-7-10(14)12(17)16-11(15-7)8-3-4-9(13)18-8/h3-4,6H,5H2,1-2H3,(H,15,16,17). The zero-order valence-electron chi connectivity index (χ0n) is 9.96.